The minimum absolute atomic E-state index is 0.577. The monoisotopic (exact) mass is 488 g/mol. The van der Waals surface area contributed by atoms with Gasteiger partial charge < -0.3 is 29.2 Å². The van der Waals surface area contributed by atoms with E-state index in [1.165, 1.54) is 16.3 Å². The van der Waals surface area contributed by atoms with Crippen LogP contribution in [0, 0.1) is 0 Å². The van der Waals surface area contributed by atoms with Crippen LogP contribution in [0.25, 0.3) is 16.3 Å². The number of rotatable bonds is 3. The van der Waals surface area contributed by atoms with Gasteiger partial charge in [0.2, 0.25) is 5.52 Å². The molecular weight excluding hydrogens is 454 g/mol. The summed E-state index contributed by atoms with van der Waals surface area (Å²) in [6.07, 6.45) is 4.24. The van der Waals surface area contributed by atoms with Gasteiger partial charge in [0, 0.05) is 42.4 Å². The summed E-state index contributed by atoms with van der Waals surface area (Å²) in [6, 6.07) is 23.4. The molecule has 2 aromatic heterocycles. The third-order valence-electron chi connectivity index (χ3n) is 6.24. The molecular formula is C29H34N3O4+. The zero-order valence-electron chi connectivity index (χ0n) is 20.6. The topological polar surface area (TPSA) is 56.3 Å². The number of anilines is 3. The molecule has 0 radical (unpaired) electrons. The van der Waals surface area contributed by atoms with Crippen molar-refractivity contribution in [2.45, 2.75) is 0 Å². The van der Waals surface area contributed by atoms with Crippen molar-refractivity contribution >= 4 is 33.4 Å². The first-order valence-electron chi connectivity index (χ1n) is 12.6. The van der Waals surface area contributed by atoms with Crippen molar-refractivity contribution in [2.24, 2.45) is 0 Å². The van der Waals surface area contributed by atoms with Gasteiger partial charge >= 0.3 is 0 Å². The van der Waals surface area contributed by atoms with Crippen molar-refractivity contribution < 1.29 is 23.3 Å². The molecule has 0 unspecified atom stereocenters. The van der Waals surface area contributed by atoms with Gasteiger partial charge in [0.1, 0.15) is 0 Å². The molecule has 1 aliphatic heterocycles. The molecule has 0 aliphatic carbocycles. The SMILES string of the molecule is c1ccc(N2CCOCCOCCOCCOCC2)c(Nc2ccc3c[n+]4ccccc4cc3c2)c1. The normalized spacial score (nSPS) is 16.9. The highest BCUT2D eigenvalue weighted by Crippen LogP contribution is 2.30. The van der Waals surface area contributed by atoms with E-state index in [0.29, 0.717) is 52.9 Å². The van der Waals surface area contributed by atoms with E-state index in [4.69, 9.17) is 18.9 Å². The fraction of sp³-hybridized carbons (Fsp3) is 0.345. The van der Waals surface area contributed by atoms with Crippen molar-refractivity contribution in [3.63, 3.8) is 0 Å². The van der Waals surface area contributed by atoms with Crippen molar-refractivity contribution in [1.82, 2.24) is 0 Å². The van der Waals surface area contributed by atoms with Crippen molar-refractivity contribution in [2.75, 3.05) is 76.2 Å². The summed E-state index contributed by atoms with van der Waals surface area (Å²) >= 11 is 0. The second kappa shape index (κ2) is 12.6. The first kappa shape index (κ1) is 24.5. The minimum atomic E-state index is 0.577. The first-order valence-corrected chi connectivity index (χ1v) is 12.6. The molecule has 1 aliphatic rings. The van der Waals surface area contributed by atoms with Crippen molar-refractivity contribution in [1.29, 1.82) is 0 Å². The summed E-state index contributed by atoms with van der Waals surface area (Å²) in [5.74, 6) is 0. The minimum Gasteiger partial charge on any atom is -0.377 e. The van der Waals surface area contributed by atoms with Crippen LogP contribution < -0.4 is 14.6 Å². The fourth-order valence-corrected chi connectivity index (χ4v) is 4.39. The van der Waals surface area contributed by atoms with Gasteiger partial charge in [-0.25, -0.2) is 0 Å². The van der Waals surface area contributed by atoms with Gasteiger partial charge in [0.15, 0.2) is 12.4 Å². The second-order valence-electron chi connectivity index (χ2n) is 8.73. The van der Waals surface area contributed by atoms with Gasteiger partial charge in [-0.3, -0.25) is 0 Å². The van der Waals surface area contributed by atoms with Crippen LogP contribution in [-0.4, -0.2) is 65.9 Å². The Morgan fingerprint density at radius 2 is 1.31 bits per heavy atom. The average Bonchev–Trinajstić information content (AvgIpc) is 2.92. The largest absolute Gasteiger partial charge is 0.377 e. The lowest BCUT2D eigenvalue weighted by Crippen LogP contribution is -2.32. The smallest absolute Gasteiger partial charge is 0.211 e. The van der Waals surface area contributed by atoms with E-state index in [9.17, 15) is 0 Å². The Morgan fingerprint density at radius 1 is 0.639 bits per heavy atom. The highest BCUT2D eigenvalue weighted by atomic mass is 16.6. The van der Waals surface area contributed by atoms with Gasteiger partial charge in [-0.05, 0) is 41.8 Å². The van der Waals surface area contributed by atoms with Gasteiger partial charge in [-0.15, -0.1) is 0 Å². The predicted molar refractivity (Wildman–Crippen MR) is 142 cm³/mol. The molecule has 1 saturated heterocycles. The molecule has 36 heavy (non-hydrogen) atoms. The molecule has 1 fully saturated rings. The van der Waals surface area contributed by atoms with E-state index in [1.54, 1.807) is 0 Å². The third kappa shape index (κ3) is 6.50. The maximum atomic E-state index is 5.83. The van der Waals surface area contributed by atoms with Crippen LogP contribution in [0.4, 0.5) is 17.1 Å². The number of fused-ring (bicyclic) bond motifs is 2. The average molecular weight is 489 g/mol. The van der Waals surface area contributed by atoms with E-state index >= 15 is 0 Å². The molecule has 188 valence electrons. The number of nitrogens with one attached hydrogen (secondary N) is 1. The summed E-state index contributed by atoms with van der Waals surface area (Å²) < 4.78 is 24.9. The number of benzene rings is 2. The van der Waals surface area contributed by atoms with Crippen LogP contribution in [-0.2, 0) is 18.9 Å². The van der Waals surface area contributed by atoms with Gasteiger partial charge in [0.25, 0.3) is 0 Å². The Bertz CT molecular complexity index is 1250. The van der Waals surface area contributed by atoms with Crippen LogP contribution in [0.5, 0.6) is 0 Å². The Hall–Kier alpha value is -3.23. The second-order valence-corrected chi connectivity index (χ2v) is 8.73. The van der Waals surface area contributed by atoms with Crippen molar-refractivity contribution in [3.8, 4) is 0 Å². The lowest BCUT2D eigenvalue weighted by Gasteiger charge is -2.27. The molecule has 1 N–H and O–H groups in total. The summed E-state index contributed by atoms with van der Waals surface area (Å²) in [6.45, 7) is 6.24. The van der Waals surface area contributed by atoms with Gasteiger partial charge in [0.05, 0.1) is 64.2 Å². The van der Waals surface area contributed by atoms with E-state index in [1.807, 2.05) is 6.07 Å². The molecule has 2 aromatic carbocycles. The Labute approximate surface area is 212 Å². The first-order chi connectivity index (χ1) is 17.9. The van der Waals surface area contributed by atoms with Crippen LogP contribution >= 0.6 is 0 Å². The van der Waals surface area contributed by atoms with E-state index in [-0.39, 0.29) is 0 Å². The number of ether oxygens (including phenoxy) is 4. The van der Waals surface area contributed by atoms with E-state index in [0.717, 1.165) is 30.2 Å². The number of nitrogens with zero attached hydrogens (tertiary/aromatic N) is 2. The van der Waals surface area contributed by atoms with E-state index < -0.39 is 0 Å². The number of hydrogen-bond donors (Lipinski definition) is 1. The van der Waals surface area contributed by atoms with Crippen LogP contribution in [0.2, 0.25) is 0 Å². The lowest BCUT2D eigenvalue weighted by molar-refractivity contribution is -0.510. The summed E-state index contributed by atoms with van der Waals surface area (Å²) in [5, 5.41) is 6.05. The number of pyridine rings is 2. The van der Waals surface area contributed by atoms with Crippen LogP contribution in [0.3, 0.4) is 0 Å². The zero-order chi connectivity index (χ0) is 24.4. The number of aromatic nitrogens is 1. The highest BCUT2D eigenvalue weighted by molar-refractivity contribution is 5.88. The molecule has 0 saturated carbocycles. The molecule has 0 bridgehead atoms. The van der Waals surface area contributed by atoms with Crippen LogP contribution in [0.1, 0.15) is 0 Å². The molecule has 0 amide bonds. The zero-order valence-corrected chi connectivity index (χ0v) is 20.6. The Kier molecular flexibility index (Phi) is 8.59. The summed E-state index contributed by atoms with van der Waals surface area (Å²) in [5.41, 5.74) is 4.39. The van der Waals surface area contributed by atoms with E-state index in [2.05, 4.69) is 87.7 Å². The van der Waals surface area contributed by atoms with Crippen molar-refractivity contribution in [3.05, 3.63) is 79.1 Å². The molecule has 7 nitrogen and oxygen atoms in total. The molecule has 5 rings (SSSR count). The third-order valence-corrected chi connectivity index (χ3v) is 6.24. The fourth-order valence-electron chi connectivity index (χ4n) is 4.39. The number of hydrogen-bond acceptors (Lipinski definition) is 6. The maximum Gasteiger partial charge on any atom is 0.211 e. The predicted octanol–water partition coefficient (Wildman–Crippen LogP) is 4.21. The molecule has 0 atom stereocenters. The van der Waals surface area contributed by atoms with Crippen LogP contribution in [0.15, 0.2) is 79.1 Å². The molecule has 0 spiro atoms. The molecule has 3 heterocycles. The lowest BCUT2D eigenvalue weighted by atomic mass is 10.1. The highest BCUT2D eigenvalue weighted by Gasteiger charge is 2.13. The summed E-state index contributed by atoms with van der Waals surface area (Å²) in [4.78, 5) is 2.31. The molecule has 7 heteroatoms. The molecule has 4 aromatic rings. The maximum absolute atomic E-state index is 5.83. The van der Waals surface area contributed by atoms with Gasteiger partial charge in [-0.1, -0.05) is 12.1 Å². The quantitative estimate of drug-likeness (QED) is 0.345. The summed E-state index contributed by atoms with van der Waals surface area (Å²) in [7, 11) is 0. The van der Waals surface area contributed by atoms with Gasteiger partial charge in [-0.2, -0.15) is 4.40 Å². The Morgan fingerprint density at radius 3 is 2.06 bits per heavy atom. The standard InChI is InChI=1S/C29H33N3O4/c1-2-7-29(31-11-13-33-15-17-35-19-20-36-18-16-34-14-12-31)28(6-1)30-26-9-8-24-23-32-10-4-3-5-27(32)22-25(24)21-26/h1-10,21-23H,11-20H2/p+1. The Balaban J connectivity index is 1.34. The number of para-hydroxylation sites is 2.